The number of aryl methyl sites for hydroxylation is 1. The summed E-state index contributed by atoms with van der Waals surface area (Å²) in [6.45, 7) is 2.00. The first kappa shape index (κ1) is 18.8. The van der Waals surface area contributed by atoms with Crippen LogP contribution in [0.1, 0.15) is 15.9 Å². The zero-order valence-corrected chi connectivity index (χ0v) is 16.8. The van der Waals surface area contributed by atoms with Gasteiger partial charge in [0.15, 0.2) is 5.58 Å². The van der Waals surface area contributed by atoms with Gasteiger partial charge >= 0.3 is 0 Å². The molecule has 7 nitrogen and oxygen atoms in total. The second-order valence-corrected chi connectivity index (χ2v) is 7.30. The van der Waals surface area contributed by atoms with E-state index < -0.39 is 10.8 Å². The minimum Gasteiger partial charge on any atom is -0.436 e. The predicted octanol–water partition coefficient (Wildman–Crippen LogP) is 5.73. The number of amides is 1. The highest BCUT2D eigenvalue weighted by Gasteiger charge is 2.16. The quantitative estimate of drug-likeness (QED) is 0.315. The van der Waals surface area contributed by atoms with Crippen molar-refractivity contribution in [2.75, 3.05) is 5.32 Å². The number of fused-ring (bicyclic) bond motifs is 1. The van der Waals surface area contributed by atoms with Gasteiger partial charge in [-0.3, -0.25) is 14.9 Å². The number of nitro benzene ring substituents is 1. The molecule has 4 aromatic rings. The van der Waals surface area contributed by atoms with Gasteiger partial charge < -0.3 is 9.73 Å². The molecular formula is C21H14BrN3O4. The molecule has 0 bridgehead atoms. The maximum Gasteiger partial charge on any atom is 0.270 e. The van der Waals surface area contributed by atoms with Crippen LogP contribution in [0.25, 0.3) is 22.6 Å². The molecule has 0 radical (unpaired) electrons. The fourth-order valence-electron chi connectivity index (χ4n) is 2.82. The minimum atomic E-state index is -0.544. The zero-order chi connectivity index (χ0) is 20.5. The number of benzene rings is 3. The van der Waals surface area contributed by atoms with Gasteiger partial charge in [-0.25, -0.2) is 4.98 Å². The van der Waals surface area contributed by atoms with Crippen molar-refractivity contribution < 1.29 is 14.1 Å². The number of hydrogen-bond donors (Lipinski definition) is 1. The molecule has 0 saturated heterocycles. The van der Waals surface area contributed by atoms with E-state index >= 15 is 0 Å². The number of hydrogen-bond acceptors (Lipinski definition) is 5. The Morgan fingerprint density at radius 1 is 1.10 bits per heavy atom. The fraction of sp³-hybridized carbons (Fsp3) is 0.0476. The van der Waals surface area contributed by atoms with Gasteiger partial charge in [0.05, 0.1) is 10.5 Å². The molecule has 8 heteroatoms. The normalized spacial score (nSPS) is 10.8. The standard InChI is InChI=1S/C21H14BrN3O4/c1-12-2-4-13(5-3-12)21-24-18-10-14(6-9-19(18)29-21)23-20(26)16-11-15(25(27)28)7-8-17(16)22/h2-11H,1H3,(H,23,26). The van der Waals surface area contributed by atoms with Crippen LogP contribution < -0.4 is 5.32 Å². The summed E-state index contributed by atoms with van der Waals surface area (Å²) >= 11 is 3.26. The first-order valence-electron chi connectivity index (χ1n) is 8.63. The Labute approximate surface area is 173 Å². The topological polar surface area (TPSA) is 98.3 Å². The van der Waals surface area contributed by atoms with Crippen LogP contribution in [0.15, 0.2) is 69.6 Å². The van der Waals surface area contributed by atoms with E-state index in [1.54, 1.807) is 18.2 Å². The Balaban J connectivity index is 1.62. The molecule has 0 aliphatic carbocycles. The average Bonchev–Trinajstić information content (AvgIpc) is 3.12. The van der Waals surface area contributed by atoms with Crippen molar-refractivity contribution in [3.05, 3.63) is 86.4 Å². The van der Waals surface area contributed by atoms with E-state index in [9.17, 15) is 14.9 Å². The van der Waals surface area contributed by atoms with Gasteiger partial charge in [0.1, 0.15) is 5.52 Å². The number of nitrogens with one attached hydrogen (secondary N) is 1. The van der Waals surface area contributed by atoms with Crippen molar-refractivity contribution >= 4 is 44.3 Å². The molecule has 144 valence electrons. The van der Waals surface area contributed by atoms with Gasteiger partial charge in [0, 0.05) is 27.9 Å². The van der Waals surface area contributed by atoms with E-state index in [-0.39, 0.29) is 11.3 Å². The molecule has 1 heterocycles. The number of nitro groups is 1. The lowest BCUT2D eigenvalue weighted by molar-refractivity contribution is -0.384. The van der Waals surface area contributed by atoms with Crippen molar-refractivity contribution in [2.24, 2.45) is 0 Å². The SMILES string of the molecule is Cc1ccc(-c2nc3cc(NC(=O)c4cc([N+](=O)[O-])ccc4Br)ccc3o2)cc1. The van der Waals surface area contributed by atoms with E-state index in [0.29, 0.717) is 27.2 Å². The van der Waals surface area contributed by atoms with Gasteiger partial charge in [0.2, 0.25) is 5.89 Å². The molecule has 0 fully saturated rings. The number of anilines is 1. The molecule has 3 aromatic carbocycles. The molecule has 4 rings (SSSR count). The Kier molecular flexibility index (Phi) is 4.85. The van der Waals surface area contributed by atoms with Gasteiger partial charge in [-0.05, 0) is 59.3 Å². The average molecular weight is 452 g/mol. The van der Waals surface area contributed by atoms with Gasteiger partial charge in [-0.15, -0.1) is 0 Å². The Morgan fingerprint density at radius 2 is 1.86 bits per heavy atom. The summed E-state index contributed by atoms with van der Waals surface area (Å²) in [5, 5.41) is 13.7. The van der Waals surface area contributed by atoms with Crippen LogP contribution in [0.3, 0.4) is 0 Å². The highest BCUT2D eigenvalue weighted by atomic mass is 79.9. The van der Waals surface area contributed by atoms with Crippen LogP contribution in [-0.4, -0.2) is 15.8 Å². The largest absolute Gasteiger partial charge is 0.436 e. The Bertz CT molecular complexity index is 1250. The summed E-state index contributed by atoms with van der Waals surface area (Å²) in [6.07, 6.45) is 0. The molecule has 0 aliphatic heterocycles. The van der Waals surface area contributed by atoms with Crippen molar-refractivity contribution in [3.8, 4) is 11.5 Å². The monoisotopic (exact) mass is 451 g/mol. The summed E-state index contributed by atoms with van der Waals surface area (Å²) in [5.74, 6) is 0.0204. The van der Waals surface area contributed by atoms with Crippen LogP contribution in [-0.2, 0) is 0 Å². The van der Waals surface area contributed by atoms with Gasteiger partial charge in [0.25, 0.3) is 11.6 Å². The Morgan fingerprint density at radius 3 is 2.59 bits per heavy atom. The second kappa shape index (κ2) is 7.48. The molecule has 1 N–H and O–H groups in total. The van der Waals surface area contributed by atoms with Gasteiger partial charge in [-0.1, -0.05) is 17.7 Å². The minimum absolute atomic E-state index is 0.159. The summed E-state index contributed by atoms with van der Waals surface area (Å²) < 4.78 is 6.26. The lowest BCUT2D eigenvalue weighted by Gasteiger charge is -2.06. The number of rotatable bonds is 4. The van der Waals surface area contributed by atoms with Crippen LogP contribution >= 0.6 is 15.9 Å². The first-order valence-corrected chi connectivity index (χ1v) is 9.43. The van der Waals surface area contributed by atoms with Crippen molar-refractivity contribution in [1.29, 1.82) is 0 Å². The van der Waals surface area contributed by atoms with Crippen LogP contribution in [0.5, 0.6) is 0 Å². The van der Waals surface area contributed by atoms with Crippen LogP contribution in [0.2, 0.25) is 0 Å². The van der Waals surface area contributed by atoms with Gasteiger partial charge in [-0.2, -0.15) is 0 Å². The lowest BCUT2D eigenvalue weighted by atomic mass is 10.1. The second-order valence-electron chi connectivity index (χ2n) is 6.44. The number of nitrogens with zero attached hydrogens (tertiary/aromatic N) is 2. The zero-order valence-electron chi connectivity index (χ0n) is 15.2. The van der Waals surface area contributed by atoms with E-state index in [1.165, 1.54) is 18.2 Å². The van der Waals surface area contributed by atoms with Crippen molar-refractivity contribution in [2.45, 2.75) is 6.92 Å². The third-order valence-electron chi connectivity index (χ3n) is 4.35. The number of halogens is 1. The molecule has 1 aromatic heterocycles. The summed E-state index contributed by atoms with van der Waals surface area (Å²) in [4.78, 5) is 27.5. The number of oxazole rings is 1. The Hall–Kier alpha value is -3.52. The maximum absolute atomic E-state index is 12.6. The molecule has 0 unspecified atom stereocenters. The summed E-state index contributed by atoms with van der Waals surface area (Å²) in [5.41, 5.74) is 3.70. The van der Waals surface area contributed by atoms with Crippen molar-refractivity contribution in [3.63, 3.8) is 0 Å². The number of non-ortho nitro benzene ring substituents is 1. The summed E-state index contributed by atoms with van der Waals surface area (Å²) in [7, 11) is 0. The molecule has 0 atom stereocenters. The predicted molar refractivity (Wildman–Crippen MR) is 113 cm³/mol. The van der Waals surface area contributed by atoms with E-state index in [4.69, 9.17) is 4.42 Å². The molecule has 0 saturated carbocycles. The first-order chi connectivity index (χ1) is 13.9. The fourth-order valence-corrected chi connectivity index (χ4v) is 3.25. The van der Waals surface area contributed by atoms with Crippen LogP contribution in [0.4, 0.5) is 11.4 Å². The van der Waals surface area contributed by atoms with E-state index in [0.717, 1.165) is 11.1 Å². The number of carbonyl (C=O) groups is 1. The smallest absolute Gasteiger partial charge is 0.270 e. The third-order valence-corrected chi connectivity index (χ3v) is 5.04. The number of carbonyl (C=O) groups excluding carboxylic acids is 1. The summed E-state index contributed by atoms with van der Waals surface area (Å²) in [6, 6.07) is 17.0. The van der Waals surface area contributed by atoms with E-state index in [2.05, 4.69) is 26.2 Å². The third kappa shape index (κ3) is 3.88. The lowest BCUT2D eigenvalue weighted by Crippen LogP contribution is -2.12. The van der Waals surface area contributed by atoms with Crippen LogP contribution in [0, 0.1) is 17.0 Å². The molecule has 0 aliphatic rings. The van der Waals surface area contributed by atoms with E-state index in [1.807, 2.05) is 31.2 Å². The molecule has 0 spiro atoms. The molecular weight excluding hydrogens is 438 g/mol. The highest BCUT2D eigenvalue weighted by molar-refractivity contribution is 9.10. The highest BCUT2D eigenvalue weighted by Crippen LogP contribution is 2.28. The van der Waals surface area contributed by atoms with Crippen molar-refractivity contribution in [1.82, 2.24) is 4.98 Å². The maximum atomic E-state index is 12.6. The molecule has 1 amide bonds. The number of aromatic nitrogens is 1. The molecule has 29 heavy (non-hydrogen) atoms.